The molecule has 1 aromatic carbocycles. The summed E-state index contributed by atoms with van der Waals surface area (Å²) < 4.78 is 0. The van der Waals surface area contributed by atoms with Crippen LogP contribution in [0.4, 0.5) is 5.69 Å². The molecule has 0 radical (unpaired) electrons. The molecule has 0 bridgehead atoms. The second-order valence-electron chi connectivity index (χ2n) is 6.19. The zero-order valence-corrected chi connectivity index (χ0v) is 13.7. The third kappa shape index (κ3) is 4.48. The van der Waals surface area contributed by atoms with E-state index >= 15 is 0 Å². The molecule has 0 aliphatic rings. The van der Waals surface area contributed by atoms with Crippen LogP contribution in [0.1, 0.15) is 46.6 Å². The number of hydrogen-bond donors (Lipinski definition) is 0. The van der Waals surface area contributed by atoms with E-state index in [0.717, 1.165) is 17.8 Å². The Balaban J connectivity index is 2.96. The van der Waals surface area contributed by atoms with Gasteiger partial charge in [0.2, 0.25) is 0 Å². The fraction of sp³-hybridized carbons (Fsp3) is 0.421. The summed E-state index contributed by atoms with van der Waals surface area (Å²) >= 11 is 0. The van der Waals surface area contributed by atoms with Crippen LogP contribution in [0.15, 0.2) is 53.1 Å². The number of aryl methyl sites for hydroxylation is 1. The second-order valence-corrected chi connectivity index (χ2v) is 6.19. The van der Waals surface area contributed by atoms with Crippen LogP contribution in [0.3, 0.4) is 0 Å². The Hall–Kier alpha value is -1.63. The summed E-state index contributed by atoms with van der Waals surface area (Å²) in [6, 6.07) is 8.32. The molecule has 0 saturated heterocycles. The summed E-state index contributed by atoms with van der Waals surface area (Å²) in [5.74, 6) is 0. The average molecular weight is 269 g/mol. The van der Waals surface area contributed by atoms with E-state index in [1.807, 2.05) is 0 Å². The van der Waals surface area contributed by atoms with Gasteiger partial charge in [-0.05, 0) is 57.2 Å². The minimum atomic E-state index is 0.103. The molecule has 108 valence electrons. The summed E-state index contributed by atoms with van der Waals surface area (Å²) in [7, 11) is 0. The highest BCUT2D eigenvalue weighted by atomic mass is 14.7. The second kappa shape index (κ2) is 6.69. The first-order chi connectivity index (χ1) is 9.26. The van der Waals surface area contributed by atoms with Gasteiger partial charge < -0.3 is 0 Å². The SMILES string of the molecule is C=C(C)C(C)(C)C/C(=C\C)C(C)=Nc1ccc(C)cc1. The van der Waals surface area contributed by atoms with Gasteiger partial charge in [0.25, 0.3) is 0 Å². The van der Waals surface area contributed by atoms with Crippen LogP contribution >= 0.6 is 0 Å². The van der Waals surface area contributed by atoms with Gasteiger partial charge in [-0.2, -0.15) is 0 Å². The number of allylic oxidation sites excluding steroid dienone is 3. The molecule has 1 rings (SSSR count). The molecule has 20 heavy (non-hydrogen) atoms. The Morgan fingerprint density at radius 2 is 1.75 bits per heavy atom. The first-order valence-corrected chi connectivity index (χ1v) is 7.20. The number of rotatable bonds is 5. The first-order valence-electron chi connectivity index (χ1n) is 7.20. The van der Waals surface area contributed by atoms with Crippen molar-refractivity contribution in [3.05, 3.63) is 53.6 Å². The number of hydrogen-bond acceptors (Lipinski definition) is 1. The lowest BCUT2D eigenvalue weighted by atomic mass is 9.79. The predicted molar refractivity (Wildman–Crippen MR) is 90.9 cm³/mol. The van der Waals surface area contributed by atoms with Crippen molar-refractivity contribution in [3.63, 3.8) is 0 Å². The minimum Gasteiger partial charge on any atom is -0.253 e. The molecule has 0 aliphatic carbocycles. The normalized spacial score (nSPS) is 13.5. The van der Waals surface area contributed by atoms with Gasteiger partial charge in [0.1, 0.15) is 0 Å². The van der Waals surface area contributed by atoms with E-state index in [-0.39, 0.29) is 5.41 Å². The van der Waals surface area contributed by atoms with E-state index in [0.29, 0.717) is 0 Å². The third-order valence-electron chi connectivity index (χ3n) is 3.93. The smallest absolute Gasteiger partial charge is 0.0633 e. The molecular weight excluding hydrogens is 242 g/mol. The maximum absolute atomic E-state index is 4.73. The summed E-state index contributed by atoms with van der Waals surface area (Å²) in [6.45, 7) is 16.9. The topological polar surface area (TPSA) is 12.4 Å². The molecule has 0 aliphatic heterocycles. The quantitative estimate of drug-likeness (QED) is 0.457. The molecule has 0 unspecified atom stereocenters. The molecule has 0 fully saturated rings. The highest BCUT2D eigenvalue weighted by molar-refractivity contribution is 5.99. The van der Waals surface area contributed by atoms with Crippen LogP contribution in [0.25, 0.3) is 0 Å². The monoisotopic (exact) mass is 269 g/mol. The van der Waals surface area contributed by atoms with Gasteiger partial charge in [-0.3, -0.25) is 4.99 Å². The van der Waals surface area contributed by atoms with E-state index in [2.05, 4.69) is 78.5 Å². The van der Waals surface area contributed by atoms with Gasteiger partial charge in [0, 0.05) is 5.71 Å². The molecule has 0 saturated carbocycles. The Bertz CT molecular complexity index is 527. The molecule has 1 nitrogen and oxygen atoms in total. The standard InChI is InChI=1S/C19H27N/c1-8-17(13-19(6,7)14(2)3)16(5)20-18-11-9-15(4)10-12-18/h8-12H,2,13H2,1,3-7H3/b17-8+,20-16?. The van der Waals surface area contributed by atoms with Crippen molar-refractivity contribution in [3.8, 4) is 0 Å². The van der Waals surface area contributed by atoms with Gasteiger partial charge in [0.05, 0.1) is 5.69 Å². The molecule has 0 heterocycles. The van der Waals surface area contributed by atoms with Crippen molar-refractivity contribution in [1.29, 1.82) is 0 Å². The van der Waals surface area contributed by atoms with E-state index < -0.39 is 0 Å². The van der Waals surface area contributed by atoms with Crippen LogP contribution in [-0.4, -0.2) is 5.71 Å². The largest absolute Gasteiger partial charge is 0.253 e. The summed E-state index contributed by atoms with van der Waals surface area (Å²) in [5, 5.41) is 0. The van der Waals surface area contributed by atoms with Gasteiger partial charge in [-0.1, -0.05) is 49.8 Å². The van der Waals surface area contributed by atoms with E-state index in [4.69, 9.17) is 4.99 Å². The Morgan fingerprint density at radius 3 is 2.20 bits per heavy atom. The maximum Gasteiger partial charge on any atom is 0.0633 e. The van der Waals surface area contributed by atoms with Crippen molar-refractivity contribution < 1.29 is 0 Å². The van der Waals surface area contributed by atoms with Crippen LogP contribution in [0.2, 0.25) is 0 Å². The minimum absolute atomic E-state index is 0.103. The zero-order chi connectivity index (χ0) is 15.3. The highest BCUT2D eigenvalue weighted by Crippen LogP contribution is 2.33. The number of benzene rings is 1. The number of aliphatic imine (C=N–C) groups is 1. The summed E-state index contributed by atoms with van der Waals surface area (Å²) in [6.07, 6.45) is 3.14. The van der Waals surface area contributed by atoms with Crippen LogP contribution < -0.4 is 0 Å². The summed E-state index contributed by atoms with van der Waals surface area (Å²) in [5.41, 5.74) is 5.97. The van der Waals surface area contributed by atoms with Gasteiger partial charge >= 0.3 is 0 Å². The van der Waals surface area contributed by atoms with Crippen LogP contribution in [-0.2, 0) is 0 Å². The molecular formula is C19H27N. The van der Waals surface area contributed by atoms with Gasteiger partial charge in [0.15, 0.2) is 0 Å². The van der Waals surface area contributed by atoms with Crippen molar-refractivity contribution in [1.82, 2.24) is 0 Å². The molecule has 0 N–H and O–H groups in total. The lowest BCUT2D eigenvalue weighted by molar-refractivity contribution is 0.449. The van der Waals surface area contributed by atoms with Gasteiger partial charge in [-0.15, -0.1) is 0 Å². The Labute approximate surface area is 124 Å². The Morgan fingerprint density at radius 1 is 1.20 bits per heavy atom. The molecule has 0 spiro atoms. The van der Waals surface area contributed by atoms with Crippen LogP contribution in [0, 0.1) is 12.3 Å². The fourth-order valence-corrected chi connectivity index (χ4v) is 1.95. The molecule has 0 aromatic heterocycles. The molecule has 0 amide bonds. The van der Waals surface area contributed by atoms with Crippen molar-refractivity contribution in [2.75, 3.05) is 0 Å². The average Bonchev–Trinajstić information content (AvgIpc) is 2.38. The fourth-order valence-electron chi connectivity index (χ4n) is 1.95. The van der Waals surface area contributed by atoms with Crippen molar-refractivity contribution in [2.45, 2.75) is 48.0 Å². The molecule has 1 aromatic rings. The van der Waals surface area contributed by atoms with Crippen molar-refractivity contribution >= 4 is 11.4 Å². The first kappa shape index (κ1) is 16.4. The molecule has 1 heteroatoms. The molecule has 0 atom stereocenters. The summed E-state index contributed by atoms with van der Waals surface area (Å²) in [4.78, 5) is 4.73. The zero-order valence-electron chi connectivity index (χ0n) is 13.7. The maximum atomic E-state index is 4.73. The third-order valence-corrected chi connectivity index (χ3v) is 3.93. The predicted octanol–water partition coefficient (Wildman–Crippen LogP) is 6.03. The van der Waals surface area contributed by atoms with Crippen molar-refractivity contribution in [2.24, 2.45) is 10.4 Å². The van der Waals surface area contributed by atoms with E-state index in [1.165, 1.54) is 16.7 Å². The number of nitrogens with zero attached hydrogens (tertiary/aromatic N) is 1. The Kier molecular flexibility index (Phi) is 5.50. The van der Waals surface area contributed by atoms with Crippen LogP contribution in [0.5, 0.6) is 0 Å². The lowest BCUT2D eigenvalue weighted by Crippen LogP contribution is -2.16. The van der Waals surface area contributed by atoms with E-state index in [9.17, 15) is 0 Å². The van der Waals surface area contributed by atoms with E-state index in [1.54, 1.807) is 0 Å². The highest BCUT2D eigenvalue weighted by Gasteiger charge is 2.21. The van der Waals surface area contributed by atoms with Gasteiger partial charge in [-0.25, -0.2) is 0 Å². The lowest BCUT2D eigenvalue weighted by Gasteiger charge is -2.26.